The Hall–Kier alpha value is -2.84. The first kappa shape index (κ1) is 18.0. The lowest BCUT2D eigenvalue weighted by molar-refractivity contribution is -0.117. The van der Waals surface area contributed by atoms with Crippen LogP contribution in [0.3, 0.4) is 0 Å². The number of hydrogen-bond acceptors (Lipinski definition) is 3. The van der Waals surface area contributed by atoms with Crippen LogP contribution in [0.1, 0.15) is 18.1 Å². The maximum Gasteiger partial charge on any atom is 0.252 e. The summed E-state index contributed by atoms with van der Waals surface area (Å²) in [6.45, 7) is 2.50. The van der Waals surface area contributed by atoms with Crippen LogP contribution in [0.15, 0.2) is 47.5 Å². The summed E-state index contributed by atoms with van der Waals surface area (Å²) >= 11 is 1.50. The van der Waals surface area contributed by atoms with E-state index in [0.29, 0.717) is 11.3 Å². The molecule has 0 unspecified atom stereocenters. The van der Waals surface area contributed by atoms with E-state index in [1.807, 2.05) is 34.9 Å². The molecule has 0 atom stereocenters. The number of ether oxygens (including phenoxy) is 1. The Morgan fingerprint density at radius 1 is 1.27 bits per heavy atom. The lowest BCUT2D eigenvalue weighted by Gasteiger charge is -2.02. The smallest absolute Gasteiger partial charge is 0.252 e. The van der Waals surface area contributed by atoms with E-state index in [1.54, 1.807) is 7.11 Å². The summed E-state index contributed by atoms with van der Waals surface area (Å²) in [5.74, 6) is 3.18. The minimum atomic E-state index is -0.203. The summed E-state index contributed by atoms with van der Waals surface area (Å²) < 4.78 is 8.21. The number of thiazole rings is 1. The third-order valence-corrected chi connectivity index (χ3v) is 5.16. The van der Waals surface area contributed by atoms with Crippen LogP contribution in [0.2, 0.25) is 0 Å². The van der Waals surface area contributed by atoms with Crippen molar-refractivity contribution in [2.45, 2.75) is 26.3 Å². The molecule has 0 spiro atoms. The number of amides is 1. The van der Waals surface area contributed by atoms with Gasteiger partial charge in [-0.15, -0.1) is 6.42 Å². The first-order valence-corrected chi connectivity index (χ1v) is 9.22. The molecule has 3 rings (SSSR count). The highest BCUT2D eigenvalue weighted by molar-refractivity contribution is 7.16. The fraction of sp³-hybridized carbons (Fsp3) is 0.238. The van der Waals surface area contributed by atoms with E-state index < -0.39 is 0 Å². The van der Waals surface area contributed by atoms with Crippen molar-refractivity contribution in [3.63, 3.8) is 0 Å². The van der Waals surface area contributed by atoms with Crippen LogP contribution in [0.5, 0.6) is 5.75 Å². The van der Waals surface area contributed by atoms with E-state index in [2.05, 4.69) is 30.0 Å². The summed E-state index contributed by atoms with van der Waals surface area (Å²) in [5, 5.41) is 0. The van der Waals surface area contributed by atoms with E-state index >= 15 is 0 Å². The van der Waals surface area contributed by atoms with Gasteiger partial charge in [0.2, 0.25) is 0 Å². The molecule has 0 aliphatic heterocycles. The Labute approximate surface area is 156 Å². The van der Waals surface area contributed by atoms with E-state index in [1.165, 1.54) is 16.9 Å². The number of nitrogens with zero attached hydrogens (tertiary/aromatic N) is 2. The van der Waals surface area contributed by atoms with E-state index in [-0.39, 0.29) is 12.3 Å². The van der Waals surface area contributed by atoms with Crippen molar-refractivity contribution in [1.29, 1.82) is 0 Å². The average Bonchev–Trinajstić information content (AvgIpc) is 2.98. The van der Waals surface area contributed by atoms with Crippen LogP contribution in [0.25, 0.3) is 10.2 Å². The van der Waals surface area contributed by atoms with Crippen LogP contribution in [-0.2, 0) is 24.2 Å². The molecule has 1 amide bonds. The van der Waals surface area contributed by atoms with Crippen molar-refractivity contribution < 1.29 is 9.53 Å². The number of rotatable bonds is 5. The van der Waals surface area contributed by atoms with E-state index in [9.17, 15) is 4.79 Å². The predicted molar refractivity (Wildman–Crippen MR) is 105 cm³/mol. The molecule has 3 aromatic rings. The van der Waals surface area contributed by atoms with Gasteiger partial charge in [0, 0.05) is 0 Å². The van der Waals surface area contributed by atoms with Crippen LogP contribution >= 0.6 is 11.3 Å². The summed E-state index contributed by atoms with van der Waals surface area (Å²) in [6.07, 6.45) is 6.70. The first-order chi connectivity index (χ1) is 12.6. The van der Waals surface area contributed by atoms with Crippen molar-refractivity contribution in [3.8, 4) is 18.1 Å². The van der Waals surface area contributed by atoms with Gasteiger partial charge in [-0.2, -0.15) is 4.99 Å². The van der Waals surface area contributed by atoms with Gasteiger partial charge in [0.15, 0.2) is 4.80 Å². The van der Waals surface area contributed by atoms with Gasteiger partial charge in [0.25, 0.3) is 5.91 Å². The van der Waals surface area contributed by atoms with Crippen LogP contribution < -0.4 is 9.54 Å². The van der Waals surface area contributed by atoms with Crippen molar-refractivity contribution in [3.05, 3.63) is 58.4 Å². The zero-order valence-electron chi connectivity index (χ0n) is 14.9. The summed E-state index contributed by atoms with van der Waals surface area (Å²) in [5.41, 5.74) is 3.13. The Bertz CT molecular complexity index is 1050. The molecule has 0 N–H and O–H groups in total. The molecule has 26 heavy (non-hydrogen) atoms. The third-order valence-electron chi connectivity index (χ3n) is 4.11. The number of terminal acetylenes is 1. The minimum absolute atomic E-state index is 0.203. The molecule has 0 aliphatic carbocycles. The molecule has 0 aliphatic rings. The van der Waals surface area contributed by atoms with Crippen molar-refractivity contribution in [1.82, 2.24) is 4.57 Å². The summed E-state index contributed by atoms with van der Waals surface area (Å²) in [7, 11) is 1.61. The predicted octanol–water partition coefficient (Wildman–Crippen LogP) is 3.58. The maximum absolute atomic E-state index is 12.5. The molecule has 1 heterocycles. The van der Waals surface area contributed by atoms with Crippen molar-refractivity contribution >= 4 is 27.5 Å². The fourth-order valence-corrected chi connectivity index (χ4v) is 3.88. The van der Waals surface area contributed by atoms with E-state index in [0.717, 1.165) is 28.0 Å². The fourth-order valence-electron chi connectivity index (χ4n) is 2.77. The van der Waals surface area contributed by atoms with Crippen LogP contribution in [0, 0.1) is 12.3 Å². The largest absolute Gasteiger partial charge is 0.497 e. The molecular weight excluding hydrogens is 344 g/mol. The standard InChI is InChI=1S/C21H20N2O2S/c1-4-11-23-18-10-9-15(5-2)13-19(18)26-21(23)22-20(24)14-16-7-6-8-17(12-16)25-3/h1,6-10,12-13H,5,11,14H2,2-3H3. The van der Waals surface area contributed by atoms with Gasteiger partial charge in [-0.05, 0) is 41.8 Å². The molecule has 5 heteroatoms. The molecule has 0 bridgehead atoms. The van der Waals surface area contributed by atoms with Crippen molar-refractivity contribution in [2.24, 2.45) is 4.99 Å². The van der Waals surface area contributed by atoms with Crippen LogP contribution in [-0.4, -0.2) is 17.6 Å². The number of hydrogen-bond donors (Lipinski definition) is 0. The summed E-state index contributed by atoms with van der Waals surface area (Å²) in [6, 6.07) is 13.7. The Balaban J connectivity index is 1.98. The lowest BCUT2D eigenvalue weighted by Crippen LogP contribution is -2.17. The van der Waals surface area contributed by atoms with Gasteiger partial charge in [-0.1, -0.05) is 42.4 Å². The normalized spacial score (nSPS) is 11.5. The Morgan fingerprint density at radius 3 is 2.85 bits per heavy atom. The number of aryl methyl sites for hydroxylation is 1. The number of carbonyl (C=O) groups excluding carboxylic acids is 1. The first-order valence-electron chi connectivity index (χ1n) is 8.40. The van der Waals surface area contributed by atoms with Crippen molar-refractivity contribution in [2.75, 3.05) is 7.11 Å². The summed E-state index contributed by atoms with van der Waals surface area (Å²) in [4.78, 5) is 17.4. The molecule has 0 fully saturated rings. The van der Waals surface area contributed by atoms with E-state index in [4.69, 9.17) is 11.2 Å². The van der Waals surface area contributed by atoms with Crippen LogP contribution in [0.4, 0.5) is 0 Å². The highest BCUT2D eigenvalue weighted by atomic mass is 32.1. The van der Waals surface area contributed by atoms with Gasteiger partial charge < -0.3 is 9.30 Å². The molecule has 132 valence electrons. The Kier molecular flexibility index (Phi) is 5.55. The van der Waals surface area contributed by atoms with Gasteiger partial charge in [0.05, 0.1) is 30.3 Å². The maximum atomic E-state index is 12.5. The van der Waals surface area contributed by atoms with Gasteiger partial charge in [-0.25, -0.2) is 0 Å². The minimum Gasteiger partial charge on any atom is -0.497 e. The average molecular weight is 364 g/mol. The second-order valence-corrected chi connectivity index (χ2v) is 6.87. The number of carbonyl (C=O) groups is 1. The SMILES string of the molecule is C#CCn1c(=NC(=O)Cc2cccc(OC)c2)sc2cc(CC)ccc21. The van der Waals surface area contributed by atoms with Gasteiger partial charge >= 0.3 is 0 Å². The number of fused-ring (bicyclic) bond motifs is 1. The van der Waals surface area contributed by atoms with Gasteiger partial charge in [0.1, 0.15) is 5.75 Å². The molecule has 1 aromatic heterocycles. The molecular formula is C21H20N2O2S. The molecule has 0 saturated carbocycles. The topological polar surface area (TPSA) is 43.6 Å². The highest BCUT2D eigenvalue weighted by Crippen LogP contribution is 2.20. The van der Waals surface area contributed by atoms with Gasteiger partial charge in [-0.3, -0.25) is 4.79 Å². The third kappa shape index (κ3) is 3.87. The number of benzene rings is 2. The molecule has 2 aromatic carbocycles. The highest BCUT2D eigenvalue weighted by Gasteiger charge is 2.09. The molecule has 0 radical (unpaired) electrons. The molecule has 0 saturated heterocycles. The lowest BCUT2D eigenvalue weighted by atomic mass is 10.1. The number of methoxy groups -OCH3 is 1. The second kappa shape index (κ2) is 8.03. The zero-order chi connectivity index (χ0) is 18.5. The number of aromatic nitrogens is 1. The zero-order valence-corrected chi connectivity index (χ0v) is 15.7. The quantitative estimate of drug-likeness (QED) is 0.650. The Morgan fingerprint density at radius 2 is 2.12 bits per heavy atom. The molecule has 4 nitrogen and oxygen atoms in total. The monoisotopic (exact) mass is 364 g/mol. The second-order valence-electron chi connectivity index (χ2n) is 5.86.